The Morgan fingerprint density at radius 3 is 2.50 bits per heavy atom. The van der Waals surface area contributed by atoms with Gasteiger partial charge in [0.1, 0.15) is 5.84 Å². The smallest absolute Gasteiger partial charge is 0.105 e. The summed E-state index contributed by atoms with van der Waals surface area (Å²) in [6, 6.07) is 0.594. The molecule has 0 aliphatic carbocycles. The van der Waals surface area contributed by atoms with Crippen molar-refractivity contribution >= 4 is 5.84 Å². The zero-order chi connectivity index (χ0) is 15.0. The van der Waals surface area contributed by atoms with Crippen molar-refractivity contribution in [3.63, 3.8) is 0 Å². The van der Waals surface area contributed by atoms with E-state index in [-0.39, 0.29) is 5.54 Å². The number of hydrogen-bond acceptors (Lipinski definition) is 3. The highest BCUT2D eigenvalue weighted by atomic mass is 15.2. The summed E-state index contributed by atoms with van der Waals surface area (Å²) in [4.78, 5) is 7.12. The summed E-state index contributed by atoms with van der Waals surface area (Å²) in [5.41, 5.74) is 0.517. The third kappa shape index (κ3) is 4.08. The Kier molecular flexibility index (Phi) is 4.29. The van der Waals surface area contributed by atoms with E-state index in [2.05, 4.69) is 62.8 Å². The number of nitrogens with zero attached hydrogens (tertiary/aromatic N) is 2. The number of amidine groups is 1. The first-order chi connectivity index (χ1) is 9.15. The zero-order valence-corrected chi connectivity index (χ0v) is 14.0. The van der Waals surface area contributed by atoms with E-state index in [0.29, 0.717) is 17.4 Å². The van der Waals surface area contributed by atoms with Gasteiger partial charge >= 0.3 is 0 Å². The van der Waals surface area contributed by atoms with Crippen LogP contribution in [0.15, 0.2) is 17.3 Å². The molecule has 3 heteroatoms. The first-order valence-corrected chi connectivity index (χ1v) is 7.91. The molecule has 2 aliphatic heterocycles. The molecule has 0 aromatic carbocycles. The molecule has 2 aliphatic rings. The summed E-state index contributed by atoms with van der Waals surface area (Å²) in [7, 11) is 0. The largest absolute Gasteiger partial charge is 0.358 e. The molecule has 1 saturated heterocycles. The Morgan fingerprint density at radius 2 is 1.90 bits per heavy atom. The van der Waals surface area contributed by atoms with E-state index in [1.807, 2.05) is 6.20 Å². The highest BCUT2D eigenvalue weighted by Gasteiger charge is 2.31. The van der Waals surface area contributed by atoms with E-state index in [1.165, 1.54) is 12.3 Å². The molecule has 0 radical (unpaired) electrons. The topological polar surface area (TPSA) is 27.6 Å². The van der Waals surface area contributed by atoms with Gasteiger partial charge in [-0.3, -0.25) is 0 Å². The SMILES string of the molecule is CC(C)(C)NC1CCN(C2=NC=CC(C(C)(C)C)C2)C1. The van der Waals surface area contributed by atoms with Crippen LogP contribution in [0.5, 0.6) is 0 Å². The van der Waals surface area contributed by atoms with Gasteiger partial charge in [0.2, 0.25) is 0 Å². The molecular weight excluding hydrogens is 246 g/mol. The van der Waals surface area contributed by atoms with Gasteiger partial charge in [-0.25, -0.2) is 4.99 Å². The Bertz CT molecular complexity index is 395. The summed E-state index contributed by atoms with van der Waals surface area (Å²) >= 11 is 0. The minimum absolute atomic E-state index is 0.197. The van der Waals surface area contributed by atoms with E-state index in [0.717, 1.165) is 19.5 Å². The van der Waals surface area contributed by atoms with Gasteiger partial charge in [0.15, 0.2) is 0 Å². The predicted octanol–water partition coefficient (Wildman–Crippen LogP) is 3.43. The van der Waals surface area contributed by atoms with Gasteiger partial charge in [-0.2, -0.15) is 0 Å². The molecule has 114 valence electrons. The fourth-order valence-corrected chi connectivity index (χ4v) is 3.08. The number of hydrogen-bond donors (Lipinski definition) is 1. The van der Waals surface area contributed by atoms with Crippen molar-refractivity contribution in [3.05, 3.63) is 12.3 Å². The molecular formula is C17H31N3. The van der Waals surface area contributed by atoms with Crippen LogP contribution in [-0.4, -0.2) is 35.4 Å². The van der Waals surface area contributed by atoms with Crippen molar-refractivity contribution in [2.45, 2.75) is 66.0 Å². The number of nitrogens with one attached hydrogen (secondary N) is 1. The van der Waals surface area contributed by atoms with E-state index in [9.17, 15) is 0 Å². The molecule has 0 aromatic heterocycles. The minimum Gasteiger partial charge on any atom is -0.358 e. The van der Waals surface area contributed by atoms with E-state index < -0.39 is 0 Å². The Labute approximate surface area is 124 Å². The molecule has 20 heavy (non-hydrogen) atoms. The molecule has 1 N–H and O–H groups in total. The first kappa shape index (κ1) is 15.6. The maximum absolute atomic E-state index is 4.64. The lowest BCUT2D eigenvalue weighted by molar-refractivity contribution is 0.289. The molecule has 0 bridgehead atoms. The van der Waals surface area contributed by atoms with Crippen molar-refractivity contribution in [2.75, 3.05) is 13.1 Å². The Hall–Kier alpha value is -0.830. The Balaban J connectivity index is 1.94. The van der Waals surface area contributed by atoms with Crippen LogP contribution < -0.4 is 5.32 Å². The standard InChI is InChI=1S/C17H31N3/c1-16(2,3)13-7-9-18-15(11-13)20-10-8-14(12-20)19-17(4,5)6/h7,9,13-14,19H,8,10-12H2,1-6H3. The number of allylic oxidation sites excluding steroid dienone is 1. The van der Waals surface area contributed by atoms with Gasteiger partial charge in [0.05, 0.1) is 0 Å². The zero-order valence-electron chi connectivity index (χ0n) is 14.0. The molecule has 1 fully saturated rings. The van der Waals surface area contributed by atoms with Crippen LogP contribution in [0.4, 0.5) is 0 Å². The van der Waals surface area contributed by atoms with Gasteiger partial charge < -0.3 is 10.2 Å². The van der Waals surface area contributed by atoms with Gasteiger partial charge in [-0.05, 0) is 38.5 Å². The molecule has 0 aromatic rings. The maximum Gasteiger partial charge on any atom is 0.105 e. The minimum atomic E-state index is 0.197. The summed E-state index contributed by atoms with van der Waals surface area (Å²) in [6.45, 7) is 15.9. The first-order valence-electron chi connectivity index (χ1n) is 7.91. The fourth-order valence-electron chi connectivity index (χ4n) is 3.08. The number of rotatable bonds is 1. The average Bonchev–Trinajstić information content (AvgIpc) is 2.74. The van der Waals surface area contributed by atoms with Crippen molar-refractivity contribution in [3.8, 4) is 0 Å². The molecule has 2 rings (SSSR count). The molecule has 2 heterocycles. The summed E-state index contributed by atoms with van der Waals surface area (Å²) in [6.07, 6.45) is 6.59. The van der Waals surface area contributed by atoms with E-state index >= 15 is 0 Å². The van der Waals surface area contributed by atoms with Gasteiger partial charge in [0.25, 0.3) is 0 Å². The van der Waals surface area contributed by atoms with Gasteiger partial charge in [-0.1, -0.05) is 26.8 Å². The monoisotopic (exact) mass is 277 g/mol. The van der Waals surface area contributed by atoms with Gasteiger partial charge in [0, 0.05) is 37.3 Å². The molecule has 0 spiro atoms. The summed E-state index contributed by atoms with van der Waals surface area (Å²) in [5, 5.41) is 3.71. The van der Waals surface area contributed by atoms with E-state index in [4.69, 9.17) is 0 Å². The van der Waals surface area contributed by atoms with E-state index in [1.54, 1.807) is 0 Å². The molecule has 2 atom stereocenters. The van der Waals surface area contributed by atoms with Crippen molar-refractivity contribution < 1.29 is 0 Å². The number of likely N-dealkylation sites (tertiary alicyclic amines) is 1. The average molecular weight is 277 g/mol. The third-order valence-corrected chi connectivity index (χ3v) is 4.25. The van der Waals surface area contributed by atoms with Gasteiger partial charge in [-0.15, -0.1) is 0 Å². The Morgan fingerprint density at radius 1 is 1.20 bits per heavy atom. The van der Waals surface area contributed by atoms with Crippen LogP contribution in [0.1, 0.15) is 54.4 Å². The van der Waals surface area contributed by atoms with Crippen molar-refractivity contribution in [1.29, 1.82) is 0 Å². The predicted molar refractivity (Wildman–Crippen MR) is 87.0 cm³/mol. The summed E-state index contributed by atoms with van der Waals surface area (Å²) < 4.78 is 0. The van der Waals surface area contributed by atoms with Crippen LogP contribution in [0.2, 0.25) is 0 Å². The highest BCUT2D eigenvalue weighted by Crippen LogP contribution is 2.33. The van der Waals surface area contributed by atoms with Crippen molar-refractivity contribution in [2.24, 2.45) is 16.3 Å². The second kappa shape index (κ2) is 5.51. The molecule has 0 saturated carbocycles. The van der Waals surface area contributed by atoms with Crippen LogP contribution in [0, 0.1) is 11.3 Å². The molecule has 0 amide bonds. The number of aliphatic imine (C=N–C) groups is 1. The fraction of sp³-hybridized carbons (Fsp3) is 0.824. The normalized spacial score (nSPS) is 27.9. The maximum atomic E-state index is 4.64. The highest BCUT2D eigenvalue weighted by molar-refractivity contribution is 5.84. The molecule has 2 unspecified atom stereocenters. The van der Waals surface area contributed by atoms with Crippen LogP contribution >= 0.6 is 0 Å². The lowest BCUT2D eigenvalue weighted by Crippen LogP contribution is -2.45. The van der Waals surface area contributed by atoms with Crippen LogP contribution in [0.25, 0.3) is 0 Å². The lowest BCUT2D eigenvalue weighted by Gasteiger charge is -2.33. The molecule has 3 nitrogen and oxygen atoms in total. The third-order valence-electron chi connectivity index (χ3n) is 4.25. The van der Waals surface area contributed by atoms with Crippen LogP contribution in [0.3, 0.4) is 0 Å². The summed E-state index contributed by atoms with van der Waals surface area (Å²) in [5.74, 6) is 1.88. The second-order valence-electron chi connectivity index (χ2n) is 8.39. The lowest BCUT2D eigenvalue weighted by atomic mass is 9.78. The quantitative estimate of drug-likeness (QED) is 0.795. The van der Waals surface area contributed by atoms with Crippen LogP contribution in [-0.2, 0) is 0 Å². The van der Waals surface area contributed by atoms with Crippen molar-refractivity contribution in [1.82, 2.24) is 10.2 Å². The second-order valence-corrected chi connectivity index (χ2v) is 8.39.